The third-order valence-electron chi connectivity index (χ3n) is 5.84. The summed E-state index contributed by atoms with van der Waals surface area (Å²) in [6.45, 7) is 1.20. The number of rotatable bonds is 2. The molecule has 1 atom stereocenters. The fourth-order valence-electron chi connectivity index (χ4n) is 4.65. The Kier molecular flexibility index (Phi) is 8.02. The van der Waals surface area contributed by atoms with Crippen LogP contribution in [0.1, 0.15) is 43.2 Å². The molecule has 0 saturated heterocycles. The molecule has 4 nitrogen and oxygen atoms in total. The van der Waals surface area contributed by atoms with Gasteiger partial charge in [-0.3, -0.25) is 4.55 Å². The quantitative estimate of drug-likeness (QED) is 0.628. The van der Waals surface area contributed by atoms with E-state index in [1.165, 1.54) is 48.3 Å². The molecule has 1 unspecified atom stereocenters. The average molecular weight is 448 g/mol. The van der Waals surface area contributed by atoms with E-state index in [1.54, 1.807) is 16.7 Å². The molecule has 2 aliphatic carbocycles. The van der Waals surface area contributed by atoms with Crippen LogP contribution in [0.3, 0.4) is 0 Å². The summed E-state index contributed by atoms with van der Waals surface area (Å²) >= 11 is 2.04. The smallest absolute Gasteiger partial charge is 0.261 e. The Morgan fingerprint density at radius 2 is 1.83 bits per heavy atom. The van der Waals surface area contributed by atoms with Crippen molar-refractivity contribution >= 4 is 21.9 Å². The molecule has 4 rings (SSSR count). The highest BCUT2D eigenvalue weighted by atomic mass is 32.2. The van der Waals surface area contributed by atoms with Crippen LogP contribution in [0.2, 0.25) is 0 Å². The Morgan fingerprint density at radius 1 is 1.13 bits per heavy atom. The van der Waals surface area contributed by atoms with Crippen molar-refractivity contribution in [2.24, 2.45) is 5.92 Å². The maximum absolute atomic E-state index is 9.19. The largest absolute Gasteiger partial charge is 0.309 e. The van der Waals surface area contributed by atoms with Crippen LogP contribution >= 0.6 is 11.8 Å². The van der Waals surface area contributed by atoms with Gasteiger partial charge in [0, 0.05) is 17.2 Å². The van der Waals surface area contributed by atoms with E-state index in [0.717, 1.165) is 24.5 Å². The molecular weight excluding hydrogens is 414 g/mol. The van der Waals surface area contributed by atoms with E-state index in [2.05, 4.69) is 55.4 Å². The summed E-state index contributed by atoms with van der Waals surface area (Å²) in [7, 11) is 0.778. The topological polar surface area (TPSA) is 57.6 Å². The molecule has 6 heteroatoms. The maximum Gasteiger partial charge on any atom is 0.261 e. The van der Waals surface area contributed by atoms with Crippen molar-refractivity contribution in [2.45, 2.75) is 44.3 Å². The van der Waals surface area contributed by atoms with Gasteiger partial charge in [0.05, 0.1) is 6.26 Å². The third kappa shape index (κ3) is 6.58. The lowest BCUT2D eigenvalue weighted by molar-refractivity contribution is 0.312. The van der Waals surface area contributed by atoms with E-state index < -0.39 is 10.1 Å². The Hall–Kier alpha value is -1.34. The van der Waals surface area contributed by atoms with E-state index in [9.17, 15) is 8.42 Å². The minimum absolute atomic E-state index is 0.715. The number of allylic oxidation sites excluding steroid dienone is 4. The first-order valence-electron chi connectivity index (χ1n) is 10.6. The van der Waals surface area contributed by atoms with Gasteiger partial charge < -0.3 is 4.90 Å². The molecule has 1 heterocycles. The average Bonchev–Trinajstić information content (AvgIpc) is 2.86. The van der Waals surface area contributed by atoms with Crippen LogP contribution in [-0.4, -0.2) is 44.8 Å². The van der Waals surface area contributed by atoms with Gasteiger partial charge in [-0.25, -0.2) is 0 Å². The molecule has 1 saturated carbocycles. The zero-order chi connectivity index (χ0) is 21.7. The molecule has 1 N–H and O–H groups in total. The molecular formula is C24H33NO3S2. The number of hydrogen-bond acceptors (Lipinski definition) is 4. The Labute approximate surface area is 185 Å². The standard InChI is InChI=1S/C23H29NS.CH4O3S/c1-24(2)15-18-9-5-6-11-20(18)21-12-7-13-23-22(21)14-17-8-3-4-10-19(17)16-25-23;1-5(2,3)4/h3-4,7-8,10,13,18H,5-6,9,11-12,14-16H2,1-2H3;1H3,(H,2,3,4)/b21-20-;. The van der Waals surface area contributed by atoms with E-state index in [-0.39, 0.29) is 0 Å². The molecule has 1 aromatic rings. The molecule has 1 fully saturated rings. The molecule has 3 aliphatic rings. The molecule has 0 radical (unpaired) electrons. The number of hydrogen-bond donors (Lipinski definition) is 1. The summed E-state index contributed by atoms with van der Waals surface area (Å²) < 4.78 is 25.9. The van der Waals surface area contributed by atoms with Crippen molar-refractivity contribution in [3.63, 3.8) is 0 Å². The third-order valence-corrected chi connectivity index (χ3v) is 6.99. The van der Waals surface area contributed by atoms with E-state index in [0.29, 0.717) is 6.26 Å². The van der Waals surface area contributed by atoms with Crippen LogP contribution in [0.4, 0.5) is 0 Å². The lowest BCUT2D eigenvalue weighted by Gasteiger charge is -2.32. The lowest BCUT2D eigenvalue weighted by atomic mass is 9.77. The van der Waals surface area contributed by atoms with Crippen molar-refractivity contribution < 1.29 is 13.0 Å². The molecule has 0 spiro atoms. The van der Waals surface area contributed by atoms with Gasteiger partial charge in [0.1, 0.15) is 0 Å². The van der Waals surface area contributed by atoms with Gasteiger partial charge in [0.2, 0.25) is 0 Å². The summed E-state index contributed by atoms with van der Waals surface area (Å²) in [4.78, 5) is 3.90. The Morgan fingerprint density at radius 3 is 2.53 bits per heavy atom. The van der Waals surface area contributed by atoms with Crippen LogP contribution in [0.15, 0.2) is 58.0 Å². The molecule has 1 aromatic carbocycles. The van der Waals surface area contributed by atoms with Gasteiger partial charge >= 0.3 is 0 Å². The van der Waals surface area contributed by atoms with Crippen LogP contribution < -0.4 is 0 Å². The van der Waals surface area contributed by atoms with Crippen LogP contribution in [0.25, 0.3) is 0 Å². The van der Waals surface area contributed by atoms with Crippen molar-refractivity contribution in [3.8, 4) is 0 Å². The van der Waals surface area contributed by atoms with Crippen LogP contribution in [0.5, 0.6) is 0 Å². The maximum atomic E-state index is 9.19. The van der Waals surface area contributed by atoms with E-state index >= 15 is 0 Å². The minimum Gasteiger partial charge on any atom is -0.309 e. The van der Waals surface area contributed by atoms with Crippen LogP contribution in [0, 0.1) is 5.92 Å². The second-order valence-corrected chi connectivity index (χ2v) is 11.1. The second kappa shape index (κ2) is 10.3. The van der Waals surface area contributed by atoms with Gasteiger partial charge in [-0.1, -0.05) is 48.4 Å². The highest BCUT2D eigenvalue weighted by Gasteiger charge is 2.27. The Balaban J connectivity index is 0.000000461. The Bertz CT molecular complexity index is 950. The normalized spacial score (nSPS) is 24.0. The minimum atomic E-state index is -3.67. The number of fused-ring (bicyclic) bond motifs is 1. The van der Waals surface area contributed by atoms with Gasteiger partial charge in [-0.15, -0.1) is 11.8 Å². The molecule has 1 aliphatic heterocycles. The monoisotopic (exact) mass is 447 g/mol. The zero-order valence-corrected chi connectivity index (χ0v) is 19.9. The van der Waals surface area contributed by atoms with E-state index in [1.807, 2.05) is 11.8 Å². The van der Waals surface area contributed by atoms with Crippen molar-refractivity contribution in [2.75, 3.05) is 26.9 Å². The summed E-state index contributed by atoms with van der Waals surface area (Å²) in [5.41, 5.74) is 8.16. The predicted octanol–water partition coefficient (Wildman–Crippen LogP) is 5.24. The summed E-state index contributed by atoms with van der Waals surface area (Å²) in [5.74, 6) is 1.87. The van der Waals surface area contributed by atoms with Crippen molar-refractivity contribution in [1.29, 1.82) is 0 Å². The van der Waals surface area contributed by atoms with Gasteiger partial charge in [-0.2, -0.15) is 8.42 Å². The second-order valence-electron chi connectivity index (χ2n) is 8.63. The number of nitrogens with zero attached hydrogens (tertiary/aromatic N) is 1. The molecule has 0 aromatic heterocycles. The lowest BCUT2D eigenvalue weighted by Crippen LogP contribution is -2.26. The summed E-state index contributed by atoms with van der Waals surface area (Å²) in [6, 6.07) is 9.04. The van der Waals surface area contributed by atoms with Gasteiger partial charge in [0.25, 0.3) is 10.1 Å². The first-order chi connectivity index (χ1) is 14.2. The highest BCUT2D eigenvalue weighted by molar-refractivity contribution is 8.02. The molecule has 0 bridgehead atoms. The number of thioether (sulfide) groups is 1. The fourth-order valence-corrected chi connectivity index (χ4v) is 5.81. The fraction of sp³-hybridized carbons (Fsp3) is 0.500. The summed E-state index contributed by atoms with van der Waals surface area (Å²) in [6.07, 6.45) is 13.2. The van der Waals surface area contributed by atoms with Gasteiger partial charge in [0.15, 0.2) is 0 Å². The van der Waals surface area contributed by atoms with Gasteiger partial charge in [-0.05, 0) is 74.4 Å². The van der Waals surface area contributed by atoms with E-state index in [4.69, 9.17) is 4.55 Å². The SMILES string of the molecule is CN(C)CC1CCCC/C1=C1\CC=CC2=C1Cc1ccccc1CS2.CS(=O)(=O)O. The molecule has 164 valence electrons. The molecule has 30 heavy (non-hydrogen) atoms. The first kappa shape index (κ1) is 23.3. The predicted molar refractivity (Wildman–Crippen MR) is 127 cm³/mol. The van der Waals surface area contributed by atoms with Crippen LogP contribution in [-0.2, 0) is 22.3 Å². The summed E-state index contributed by atoms with van der Waals surface area (Å²) in [5, 5.41) is 0. The zero-order valence-electron chi connectivity index (χ0n) is 18.2. The van der Waals surface area contributed by atoms with Crippen molar-refractivity contribution in [3.05, 3.63) is 69.2 Å². The first-order valence-corrected chi connectivity index (χ1v) is 13.4. The molecule has 0 amide bonds. The highest BCUT2D eigenvalue weighted by Crippen LogP contribution is 2.44. The van der Waals surface area contributed by atoms with Crippen molar-refractivity contribution in [1.82, 2.24) is 4.90 Å². The number of benzene rings is 1.